The number of hydrogen-bond acceptors (Lipinski definition) is 3. The zero-order valence-corrected chi connectivity index (χ0v) is 10.9. The second kappa shape index (κ2) is 5.67. The molecule has 5 heteroatoms. The number of nitrogens with two attached hydrogens (primary N) is 1. The molecule has 1 aromatic rings. The molecule has 0 aromatic carbocycles. The van der Waals surface area contributed by atoms with Gasteiger partial charge in [0.05, 0.1) is 8.45 Å². The Kier molecular flexibility index (Phi) is 4.83. The van der Waals surface area contributed by atoms with Crippen LogP contribution in [0.5, 0.6) is 0 Å². The van der Waals surface area contributed by atoms with E-state index in [2.05, 4.69) is 27.9 Å². The summed E-state index contributed by atoms with van der Waals surface area (Å²) in [6, 6.07) is 1.96. The Morgan fingerprint density at radius 2 is 2.50 bits per heavy atom. The Labute approximate surface area is 101 Å². The minimum absolute atomic E-state index is 0.0264. The van der Waals surface area contributed by atoms with Crippen molar-refractivity contribution in [3.63, 3.8) is 0 Å². The summed E-state index contributed by atoms with van der Waals surface area (Å²) in [5.74, 6) is -0.0264. The van der Waals surface area contributed by atoms with E-state index in [-0.39, 0.29) is 11.9 Å². The van der Waals surface area contributed by atoms with Crippen LogP contribution in [0.1, 0.15) is 23.7 Å². The van der Waals surface area contributed by atoms with Crippen LogP contribution >= 0.6 is 33.9 Å². The highest BCUT2D eigenvalue weighted by molar-refractivity contribution is 14.1. The molecule has 0 saturated carbocycles. The summed E-state index contributed by atoms with van der Waals surface area (Å²) >= 11 is 3.77. The second-order valence-electron chi connectivity index (χ2n) is 2.95. The van der Waals surface area contributed by atoms with Crippen molar-refractivity contribution in [2.24, 2.45) is 5.73 Å². The number of amides is 1. The molecule has 0 bridgehead atoms. The maximum atomic E-state index is 11.6. The molecule has 3 N–H and O–H groups in total. The van der Waals surface area contributed by atoms with E-state index >= 15 is 0 Å². The summed E-state index contributed by atoms with van der Waals surface area (Å²) in [4.78, 5) is 11.6. The van der Waals surface area contributed by atoms with Crippen LogP contribution < -0.4 is 11.1 Å². The molecule has 0 fully saturated rings. The van der Waals surface area contributed by atoms with Crippen LogP contribution in [0.15, 0.2) is 11.4 Å². The van der Waals surface area contributed by atoms with Crippen LogP contribution in [0.2, 0.25) is 0 Å². The molecule has 1 heterocycles. The maximum Gasteiger partial charge on any atom is 0.252 e. The Balaban J connectivity index is 2.58. The summed E-state index contributed by atoms with van der Waals surface area (Å²) in [6.45, 7) is 2.50. The van der Waals surface area contributed by atoms with Gasteiger partial charge in [0.25, 0.3) is 5.91 Å². The smallest absolute Gasteiger partial charge is 0.252 e. The van der Waals surface area contributed by atoms with Crippen LogP contribution in [-0.4, -0.2) is 18.5 Å². The minimum Gasteiger partial charge on any atom is -0.348 e. The zero-order valence-electron chi connectivity index (χ0n) is 7.92. The van der Waals surface area contributed by atoms with E-state index in [9.17, 15) is 4.79 Å². The lowest BCUT2D eigenvalue weighted by Gasteiger charge is -2.13. The predicted molar refractivity (Wildman–Crippen MR) is 67.6 cm³/mol. The van der Waals surface area contributed by atoms with Gasteiger partial charge in [-0.2, -0.15) is 0 Å². The van der Waals surface area contributed by atoms with Gasteiger partial charge in [-0.05, 0) is 35.1 Å². The number of carbonyl (C=O) groups excluding carboxylic acids is 1. The number of halogens is 1. The molecule has 1 aromatic heterocycles. The second-order valence-corrected chi connectivity index (χ2v) is 5.76. The van der Waals surface area contributed by atoms with Crippen molar-refractivity contribution < 1.29 is 4.79 Å². The van der Waals surface area contributed by atoms with Crippen molar-refractivity contribution in [1.82, 2.24) is 5.32 Å². The van der Waals surface area contributed by atoms with Gasteiger partial charge in [0.1, 0.15) is 0 Å². The van der Waals surface area contributed by atoms with Gasteiger partial charge < -0.3 is 11.1 Å². The SMILES string of the molecule is CCC(CN)NC(=O)c1csc(I)c1. The lowest BCUT2D eigenvalue weighted by molar-refractivity contribution is 0.0937. The first kappa shape index (κ1) is 11.9. The lowest BCUT2D eigenvalue weighted by atomic mass is 10.2. The standard InChI is InChI=1S/C9H13IN2OS/c1-2-7(4-11)12-9(13)6-3-8(10)14-5-6/h3,5,7H,2,4,11H2,1H3,(H,12,13). The molecule has 3 nitrogen and oxygen atoms in total. The van der Waals surface area contributed by atoms with Crippen LogP contribution in [0.4, 0.5) is 0 Å². The summed E-state index contributed by atoms with van der Waals surface area (Å²) in [7, 11) is 0. The van der Waals surface area contributed by atoms with Crippen LogP contribution in [-0.2, 0) is 0 Å². The molecule has 1 unspecified atom stereocenters. The van der Waals surface area contributed by atoms with Crippen LogP contribution in [0.25, 0.3) is 0 Å². The number of carbonyl (C=O) groups is 1. The Morgan fingerprint density at radius 3 is 2.93 bits per heavy atom. The summed E-state index contributed by atoms with van der Waals surface area (Å²) < 4.78 is 1.12. The van der Waals surface area contributed by atoms with E-state index in [1.54, 1.807) is 11.3 Å². The Hall–Kier alpha value is -0.140. The Bertz CT molecular complexity index is 310. The maximum absolute atomic E-state index is 11.6. The minimum atomic E-state index is -0.0264. The third kappa shape index (κ3) is 3.21. The number of nitrogens with one attached hydrogen (secondary N) is 1. The first-order valence-corrected chi connectivity index (χ1v) is 6.38. The van der Waals surface area contributed by atoms with Gasteiger partial charge in [-0.3, -0.25) is 4.79 Å². The van der Waals surface area contributed by atoms with Gasteiger partial charge in [0, 0.05) is 18.0 Å². The molecule has 0 radical (unpaired) electrons. The number of thiophene rings is 1. The van der Waals surface area contributed by atoms with Crippen molar-refractivity contribution in [1.29, 1.82) is 0 Å². The van der Waals surface area contributed by atoms with E-state index in [1.807, 2.05) is 18.4 Å². The first-order valence-electron chi connectivity index (χ1n) is 4.42. The van der Waals surface area contributed by atoms with Crippen molar-refractivity contribution in [2.45, 2.75) is 19.4 Å². The Morgan fingerprint density at radius 1 is 1.79 bits per heavy atom. The molecule has 1 rings (SSSR count). The average molecular weight is 324 g/mol. The lowest BCUT2D eigenvalue weighted by Crippen LogP contribution is -2.39. The molecule has 0 aliphatic heterocycles. The largest absolute Gasteiger partial charge is 0.348 e. The van der Waals surface area contributed by atoms with Gasteiger partial charge in [-0.25, -0.2) is 0 Å². The number of rotatable bonds is 4. The third-order valence-electron chi connectivity index (χ3n) is 1.94. The summed E-state index contributed by atoms with van der Waals surface area (Å²) in [5, 5.41) is 4.75. The molecule has 0 saturated heterocycles. The highest BCUT2D eigenvalue weighted by Gasteiger charge is 2.11. The number of hydrogen-bond donors (Lipinski definition) is 2. The zero-order chi connectivity index (χ0) is 10.6. The molecule has 14 heavy (non-hydrogen) atoms. The molecular formula is C9H13IN2OS. The molecular weight excluding hydrogens is 311 g/mol. The summed E-state index contributed by atoms with van der Waals surface area (Å²) in [6.07, 6.45) is 0.865. The predicted octanol–water partition coefficient (Wildman–Crippen LogP) is 1.82. The van der Waals surface area contributed by atoms with Gasteiger partial charge in [0.2, 0.25) is 0 Å². The van der Waals surface area contributed by atoms with Crippen molar-refractivity contribution in [3.8, 4) is 0 Å². The quantitative estimate of drug-likeness (QED) is 0.830. The molecule has 0 spiro atoms. The van der Waals surface area contributed by atoms with Gasteiger partial charge >= 0.3 is 0 Å². The fourth-order valence-corrected chi connectivity index (χ4v) is 2.35. The van der Waals surface area contributed by atoms with E-state index in [0.29, 0.717) is 6.54 Å². The van der Waals surface area contributed by atoms with Gasteiger partial charge in [-0.15, -0.1) is 11.3 Å². The molecule has 1 atom stereocenters. The van der Waals surface area contributed by atoms with Crippen LogP contribution in [0, 0.1) is 2.88 Å². The molecule has 78 valence electrons. The average Bonchev–Trinajstić information content (AvgIpc) is 2.61. The van der Waals surface area contributed by atoms with Gasteiger partial charge in [0.15, 0.2) is 0 Å². The normalized spacial score (nSPS) is 12.5. The fourth-order valence-electron chi connectivity index (χ4n) is 1.03. The van der Waals surface area contributed by atoms with E-state index < -0.39 is 0 Å². The van der Waals surface area contributed by atoms with Crippen molar-refractivity contribution in [2.75, 3.05) is 6.54 Å². The first-order chi connectivity index (χ1) is 6.67. The van der Waals surface area contributed by atoms with Crippen LogP contribution in [0.3, 0.4) is 0 Å². The molecule has 0 aliphatic carbocycles. The highest BCUT2D eigenvalue weighted by Crippen LogP contribution is 2.16. The monoisotopic (exact) mass is 324 g/mol. The van der Waals surface area contributed by atoms with E-state index in [0.717, 1.165) is 14.9 Å². The van der Waals surface area contributed by atoms with E-state index in [4.69, 9.17) is 5.73 Å². The van der Waals surface area contributed by atoms with Crippen molar-refractivity contribution in [3.05, 3.63) is 19.9 Å². The highest BCUT2D eigenvalue weighted by atomic mass is 127. The summed E-state index contributed by atoms with van der Waals surface area (Å²) in [5.41, 5.74) is 6.23. The topological polar surface area (TPSA) is 55.1 Å². The van der Waals surface area contributed by atoms with E-state index in [1.165, 1.54) is 0 Å². The van der Waals surface area contributed by atoms with Gasteiger partial charge in [-0.1, -0.05) is 6.92 Å². The molecule has 1 amide bonds. The van der Waals surface area contributed by atoms with Crippen molar-refractivity contribution >= 4 is 39.8 Å². The third-order valence-corrected chi connectivity index (χ3v) is 3.73. The molecule has 0 aliphatic rings. The fraction of sp³-hybridized carbons (Fsp3) is 0.444.